The average Bonchev–Trinajstić information content (AvgIpc) is 3.32. The molecule has 5 nitrogen and oxygen atoms in total. The maximum absolute atomic E-state index is 13.3. The SMILES string of the molecule is CC(C)n1cnc2cc(C(=O)N3CCC[C@@H](c4cccc(-c5cccc(C(F)(F)F)c5)n4)C3)ccc21. The number of carbonyl (C=O) groups excluding carboxylic acids is 1. The largest absolute Gasteiger partial charge is 0.416 e. The van der Waals surface area contributed by atoms with Crippen molar-refractivity contribution in [3.63, 3.8) is 0 Å². The Kier molecular flexibility index (Phi) is 6.28. The summed E-state index contributed by atoms with van der Waals surface area (Å²) in [4.78, 5) is 24.3. The van der Waals surface area contributed by atoms with E-state index in [2.05, 4.69) is 23.4 Å². The molecule has 0 spiro atoms. The quantitative estimate of drug-likeness (QED) is 0.318. The molecule has 0 saturated carbocycles. The molecule has 1 saturated heterocycles. The number of hydrogen-bond donors (Lipinski definition) is 0. The molecule has 0 N–H and O–H groups in total. The minimum atomic E-state index is -4.41. The standard InChI is InChI=1S/C28H27F3N4O/c1-18(2)35-17-32-25-15-20(11-12-26(25)35)27(36)34-13-5-7-21(16-34)24-10-4-9-23(33-24)19-6-3-8-22(14-19)28(29,30)31/h3-4,6,8-12,14-15,17-18,21H,5,7,13,16H2,1-2H3/t21-/m1/s1. The highest BCUT2D eigenvalue weighted by Crippen LogP contribution is 2.33. The summed E-state index contributed by atoms with van der Waals surface area (Å²) in [5.41, 5.74) is 3.39. The van der Waals surface area contributed by atoms with Gasteiger partial charge < -0.3 is 9.47 Å². The fourth-order valence-corrected chi connectivity index (χ4v) is 4.86. The zero-order valence-electron chi connectivity index (χ0n) is 20.2. The highest BCUT2D eigenvalue weighted by atomic mass is 19.4. The number of carbonyl (C=O) groups is 1. The van der Waals surface area contributed by atoms with Crippen molar-refractivity contribution in [1.82, 2.24) is 19.4 Å². The molecule has 1 amide bonds. The van der Waals surface area contributed by atoms with Gasteiger partial charge in [-0.25, -0.2) is 4.98 Å². The number of halogens is 3. The molecule has 1 atom stereocenters. The van der Waals surface area contributed by atoms with Crippen LogP contribution in [0.5, 0.6) is 0 Å². The number of fused-ring (bicyclic) bond motifs is 1. The van der Waals surface area contributed by atoms with Gasteiger partial charge in [-0.2, -0.15) is 13.2 Å². The topological polar surface area (TPSA) is 51.0 Å². The third-order valence-corrected chi connectivity index (χ3v) is 6.76. The molecular formula is C28H27F3N4O. The Morgan fingerprint density at radius 2 is 1.86 bits per heavy atom. The van der Waals surface area contributed by atoms with Gasteiger partial charge in [-0.15, -0.1) is 0 Å². The summed E-state index contributed by atoms with van der Waals surface area (Å²) in [5, 5.41) is 0. The van der Waals surface area contributed by atoms with Gasteiger partial charge in [-0.3, -0.25) is 9.78 Å². The van der Waals surface area contributed by atoms with Gasteiger partial charge in [-0.1, -0.05) is 18.2 Å². The minimum absolute atomic E-state index is 0.0114. The molecule has 186 valence electrons. The summed E-state index contributed by atoms with van der Waals surface area (Å²) in [5.74, 6) is -0.0351. The second kappa shape index (κ2) is 9.41. The second-order valence-electron chi connectivity index (χ2n) is 9.57. The van der Waals surface area contributed by atoms with Crippen LogP contribution in [-0.4, -0.2) is 38.4 Å². The molecule has 0 unspecified atom stereocenters. The lowest BCUT2D eigenvalue weighted by atomic mass is 9.93. The first-order valence-corrected chi connectivity index (χ1v) is 12.1. The normalized spacial score (nSPS) is 16.6. The van der Waals surface area contributed by atoms with Gasteiger partial charge >= 0.3 is 6.18 Å². The molecule has 2 aromatic heterocycles. The summed E-state index contributed by atoms with van der Waals surface area (Å²) in [7, 11) is 0. The summed E-state index contributed by atoms with van der Waals surface area (Å²) in [6, 6.07) is 16.5. The van der Waals surface area contributed by atoms with Gasteiger partial charge in [0.1, 0.15) is 0 Å². The first-order valence-electron chi connectivity index (χ1n) is 12.1. The van der Waals surface area contributed by atoms with E-state index in [1.807, 2.05) is 35.2 Å². The van der Waals surface area contributed by atoms with Crippen molar-refractivity contribution >= 4 is 16.9 Å². The molecule has 8 heteroatoms. The number of alkyl halides is 3. The van der Waals surface area contributed by atoms with Crippen molar-refractivity contribution in [1.29, 1.82) is 0 Å². The zero-order chi connectivity index (χ0) is 25.4. The lowest BCUT2D eigenvalue weighted by Gasteiger charge is -2.32. The van der Waals surface area contributed by atoms with Crippen molar-refractivity contribution in [2.24, 2.45) is 0 Å². The summed E-state index contributed by atoms with van der Waals surface area (Å²) < 4.78 is 41.6. The minimum Gasteiger partial charge on any atom is -0.338 e. The molecule has 0 aliphatic carbocycles. The summed E-state index contributed by atoms with van der Waals surface area (Å²) in [6.07, 6.45) is -0.923. The highest BCUT2D eigenvalue weighted by Gasteiger charge is 2.31. The van der Waals surface area contributed by atoms with Crippen LogP contribution in [0.2, 0.25) is 0 Å². The molecule has 0 radical (unpaired) electrons. The van der Waals surface area contributed by atoms with E-state index >= 15 is 0 Å². The fraction of sp³-hybridized carbons (Fsp3) is 0.321. The maximum Gasteiger partial charge on any atom is 0.416 e. The van der Waals surface area contributed by atoms with E-state index in [1.165, 1.54) is 6.07 Å². The molecular weight excluding hydrogens is 465 g/mol. The number of hydrogen-bond acceptors (Lipinski definition) is 3. The lowest BCUT2D eigenvalue weighted by molar-refractivity contribution is -0.137. The predicted octanol–water partition coefficient (Wildman–Crippen LogP) is 6.72. The van der Waals surface area contributed by atoms with E-state index in [1.54, 1.807) is 18.5 Å². The van der Waals surface area contributed by atoms with E-state index in [-0.39, 0.29) is 17.9 Å². The third-order valence-electron chi connectivity index (χ3n) is 6.76. The van der Waals surface area contributed by atoms with E-state index in [0.717, 1.165) is 41.7 Å². The zero-order valence-corrected chi connectivity index (χ0v) is 20.2. The molecule has 5 rings (SSSR count). The predicted molar refractivity (Wildman–Crippen MR) is 133 cm³/mol. The van der Waals surface area contributed by atoms with Crippen molar-refractivity contribution in [2.75, 3.05) is 13.1 Å². The van der Waals surface area contributed by atoms with Crippen LogP contribution < -0.4 is 0 Å². The number of piperidine rings is 1. The Morgan fingerprint density at radius 3 is 2.64 bits per heavy atom. The summed E-state index contributed by atoms with van der Waals surface area (Å²) >= 11 is 0. The first kappa shape index (κ1) is 24.0. The molecule has 1 aliphatic rings. The van der Waals surface area contributed by atoms with Crippen molar-refractivity contribution < 1.29 is 18.0 Å². The van der Waals surface area contributed by atoms with Crippen LogP contribution in [0, 0.1) is 0 Å². The van der Waals surface area contributed by atoms with Crippen LogP contribution in [0.3, 0.4) is 0 Å². The van der Waals surface area contributed by atoms with Gasteiger partial charge in [0.2, 0.25) is 0 Å². The Hall–Kier alpha value is -3.68. The van der Waals surface area contributed by atoms with Gasteiger partial charge in [0.15, 0.2) is 0 Å². The van der Waals surface area contributed by atoms with Crippen molar-refractivity contribution in [3.8, 4) is 11.3 Å². The monoisotopic (exact) mass is 492 g/mol. The Labute approximate surface area is 207 Å². The van der Waals surface area contributed by atoms with Crippen LogP contribution >= 0.6 is 0 Å². The number of likely N-dealkylation sites (tertiary alicyclic amines) is 1. The molecule has 3 heterocycles. The Bertz CT molecular complexity index is 1410. The van der Waals surface area contributed by atoms with Gasteiger partial charge in [0.25, 0.3) is 5.91 Å². The number of amides is 1. The van der Waals surface area contributed by atoms with Gasteiger partial charge in [0.05, 0.1) is 28.6 Å². The van der Waals surface area contributed by atoms with Crippen LogP contribution in [0.4, 0.5) is 13.2 Å². The van der Waals surface area contributed by atoms with Gasteiger partial charge in [0, 0.05) is 41.9 Å². The number of benzene rings is 2. The number of imidazole rings is 1. The number of nitrogens with zero attached hydrogens (tertiary/aromatic N) is 4. The average molecular weight is 493 g/mol. The van der Waals surface area contributed by atoms with Crippen LogP contribution in [0.15, 0.2) is 67.0 Å². The lowest BCUT2D eigenvalue weighted by Crippen LogP contribution is -2.39. The van der Waals surface area contributed by atoms with Crippen molar-refractivity contribution in [2.45, 2.75) is 44.8 Å². The van der Waals surface area contributed by atoms with E-state index in [0.29, 0.717) is 29.9 Å². The van der Waals surface area contributed by atoms with Crippen LogP contribution in [0.25, 0.3) is 22.3 Å². The van der Waals surface area contributed by atoms with Gasteiger partial charge in [-0.05, 0) is 69.2 Å². The van der Waals surface area contributed by atoms with Crippen molar-refractivity contribution in [3.05, 3.63) is 83.8 Å². The van der Waals surface area contributed by atoms with Crippen LogP contribution in [-0.2, 0) is 6.18 Å². The first-order chi connectivity index (χ1) is 17.2. The Balaban J connectivity index is 1.36. The third kappa shape index (κ3) is 4.72. The molecule has 36 heavy (non-hydrogen) atoms. The summed E-state index contributed by atoms with van der Waals surface area (Å²) in [6.45, 7) is 5.34. The smallest absolute Gasteiger partial charge is 0.338 e. The van der Waals surface area contributed by atoms with E-state index in [9.17, 15) is 18.0 Å². The highest BCUT2D eigenvalue weighted by molar-refractivity contribution is 5.97. The van der Waals surface area contributed by atoms with E-state index in [4.69, 9.17) is 4.98 Å². The second-order valence-corrected chi connectivity index (χ2v) is 9.57. The number of aromatic nitrogens is 3. The molecule has 1 fully saturated rings. The Morgan fingerprint density at radius 1 is 1.06 bits per heavy atom. The molecule has 2 aromatic carbocycles. The molecule has 1 aliphatic heterocycles. The number of pyridine rings is 1. The van der Waals surface area contributed by atoms with Crippen LogP contribution in [0.1, 0.15) is 60.3 Å². The maximum atomic E-state index is 13.3. The number of rotatable bonds is 4. The fourth-order valence-electron chi connectivity index (χ4n) is 4.86. The van der Waals surface area contributed by atoms with E-state index < -0.39 is 11.7 Å². The molecule has 4 aromatic rings. The molecule has 0 bridgehead atoms.